The molecule has 90 valence electrons. The molecule has 0 aromatic carbocycles. The van der Waals surface area contributed by atoms with Gasteiger partial charge in [0, 0.05) is 12.5 Å². The van der Waals surface area contributed by atoms with Crippen LogP contribution in [0.5, 0.6) is 0 Å². The third-order valence-corrected chi connectivity index (χ3v) is 2.83. The number of carboxylic acids is 1. The van der Waals surface area contributed by atoms with Gasteiger partial charge in [0.25, 0.3) is 0 Å². The Hall–Kier alpha value is -0.320. The van der Waals surface area contributed by atoms with Gasteiger partial charge in [0.05, 0.1) is 0 Å². The molecule has 1 rings (SSSR count). The van der Waals surface area contributed by atoms with Crippen molar-refractivity contribution in [1.29, 1.82) is 0 Å². The highest BCUT2D eigenvalue weighted by atomic mass is 35.5. The molecule has 5 heteroatoms. The van der Waals surface area contributed by atoms with E-state index in [4.69, 9.17) is 5.11 Å². The highest BCUT2D eigenvalue weighted by Gasteiger charge is 2.17. The lowest BCUT2D eigenvalue weighted by molar-refractivity contribution is -0.137. The zero-order valence-corrected chi connectivity index (χ0v) is 10.1. The molecule has 15 heavy (non-hydrogen) atoms. The highest BCUT2D eigenvalue weighted by molar-refractivity contribution is 5.85. The van der Waals surface area contributed by atoms with Gasteiger partial charge in [-0.25, -0.2) is 0 Å². The Kier molecular flexibility index (Phi) is 7.74. The van der Waals surface area contributed by atoms with E-state index in [1.54, 1.807) is 0 Å². The maximum absolute atomic E-state index is 10.3. The van der Waals surface area contributed by atoms with Crippen LogP contribution in [0.25, 0.3) is 0 Å². The molecule has 0 radical (unpaired) electrons. The van der Waals surface area contributed by atoms with Gasteiger partial charge in [0.2, 0.25) is 0 Å². The summed E-state index contributed by atoms with van der Waals surface area (Å²) in [5.41, 5.74) is 0. The SMILES string of the molecule is CN(CCCC(=O)O)C1CCNCC1.Cl. The number of piperidine rings is 1. The van der Waals surface area contributed by atoms with Crippen LogP contribution in [0.4, 0.5) is 0 Å². The minimum Gasteiger partial charge on any atom is -0.481 e. The van der Waals surface area contributed by atoms with Gasteiger partial charge in [-0.2, -0.15) is 0 Å². The first-order valence-corrected chi connectivity index (χ1v) is 5.33. The van der Waals surface area contributed by atoms with Crippen molar-refractivity contribution in [3.8, 4) is 0 Å². The molecule has 2 N–H and O–H groups in total. The van der Waals surface area contributed by atoms with E-state index in [-0.39, 0.29) is 18.8 Å². The third-order valence-electron chi connectivity index (χ3n) is 2.83. The van der Waals surface area contributed by atoms with Gasteiger partial charge in [0.15, 0.2) is 0 Å². The van der Waals surface area contributed by atoms with Crippen LogP contribution in [0, 0.1) is 0 Å². The van der Waals surface area contributed by atoms with E-state index < -0.39 is 5.97 Å². The fourth-order valence-corrected chi connectivity index (χ4v) is 1.91. The second kappa shape index (κ2) is 7.91. The molecule has 0 bridgehead atoms. The second-order valence-electron chi connectivity index (χ2n) is 3.96. The molecule has 4 nitrogen and oxygen atoms in total. The number of carbonyl (C=O) groups is 1. The predicted molar refractivity (Wildman–Crippen MR) is 62.6 cm³/mol. The van der Waals surface area contributed by atoms with Crippen molar-refractivity contribution in [3.05, 3.63) is 0 Å². The first-order chi connectivity index (χ1) is 6.70. The molecule has 1 aliphatic rings. The number of rotatable bonds is 5. The molecule has 0 spiro atoms. The smallest absolute Gasteiger partial charge is 0.303 e. The minimum atomic E-state index is -0.691. The average Bonchev–Trinajstić information content (AvgIpc) is 2.18. The van der Waals surface area contributed by atoms with Crippen molar-refractivity contribution >= 4 is 18.4 Å². The van der Waals surface area contributed by atoms with E-state index in [9.17, 15) is 4.79 Å². The Bertz CT molecular complexity index is 184. The fraction of sp³-hybridized carbons (Fsp3) is 0.900. The van der Waals surface area contributed by atoms with Crippen LogP contribution in [0.1, 0.15) is 25.7 Å². The van der Waals surface area contributed by atoms with Gasteiger partial charge in [0.1, 0.15) is 0 Å². The summed E-state index contributed by atoms with van der Waals surface area (Å²) < 4.78 is 0. The summed E-state index contributed by atoms with van der Waals surface area (Å²) in [5.74, 6) is -0.691. The van der Waals surface area contributed by atoms with Gasteiger partial charge < -0.3 is 15.3 Å². The lowest BCUT2D eigenvalue weighted by Crippen LogP contribution is -2.41. The Morgan fingerprint density at radius 3 is 2.60 bits per heavy atom. The minimum absolute atomic E-state index is 0. The highest BCUT2D eigenvalue weighted by Crippen LogP contribution is 2.10. The van der Waals surface area contributed by atoms with Gasteiger partial charge in [-0.15, -0.1) is 12.4 Å². The zero-order valence-electron chi connectivity index (χ0n) is 9.24. The number of hydrogen-bond acceptors (Lipinski definition) is 3. The van der Waals surface area contributed by atoms with Crippen molar-refractivity contribution in [1.82, 2.24) is 10.2 Å². The summed E-state index contributed by atoms with van der Waals surface area (Å²) in [7, 11) is 2.10. The summed E-state index contributed by atoms with van der Waals surface area (Å²) in [6.07, 6.45) is 3.41. The molecular weight excluding hydrogens is 216 g/mol. The van der Waals surface area contributed by atoms with Gasteiger partial charge in [-0.1, -0.05) is 0 Å². The summed E-state index contributed by atoms with van der Waals surface area (Å²) in [4.78, 5) is 12.6. The standard InChI is InChI=1S/C10H20N2O2.ClH/c1-12(8-2-3-10(13)14)9-4-6-11-7-5-9;/h9,11H,2-8H2,1H3,(H,13,14);1H. The van der Waals surface area contributed by atoms with Crippen LogP contribution >= 0.6 is 12.4 Å². The Labute approximate surface area is 97.4 Å². The van der Waals surface area contributed by atoms with E-state index in [1.807, 2.05) is 0 Å². The monoisotopic (exact) mass is 236 g/mol. The van der Waals surface area contributed by atoms with Gasteiger partial charge >= 0.3 is 5.97 Å². The third kappa shape index (κ3) is 5.97. The molecule has 1 saturated heterocycles. The van der Waals surface area contributed by atoms with E-state index in [0.717, 1.165) is 26.1 Å². The van der Waals surface area contributed by atoms with Crippen LogP contribution in [0.15, 0.2) is 0 Å². The molecule has 1 heterocycles. The molecule has 0 aromatic rings. The predicted octanol–water partition coefficient (Wildman–Crippen LogP) is 0.957. The first kappa shape index (κ1) is 14.7. The van der Waals surface area contributed by atoms with Crippen molar-refractivity contribution in [2.45, 2.75) is 31.7 Å². The van der Waals surface area contributed by atoms with Crippen molar-refractivity contribution in [2.75, 3.05) is 26.7 Å². The normalized spacial score (nSPS) is 17.5. The lowest BCUT2D eigenvalue weighted by atomic mass is 10.1. The number of nitrogens with one attached hydrogen (secondary N) is 1. The molecule has 0 atom stereocenters. The molecule has 1 aliphatic heterocycles. The Morgan fingerprint density at radius 2 is 2.07 bits per heavy atom. The summed E-state index contributed by atoms with van der Waals surface area (Å²) >= 11 is 0. The molecule has 0 aliphatic carbocycles. The number of carboxylic acid groups (broad SMARTS) is 1. The largest absolute Gasteiger partial charge is 0.481 e. The van der Waals surface area contributed by atoms with Crippen LogP contribution in [0.2, 0.25) is 0 Å². The number of hydrogen-bond donors (Lipinski definition) is 2. The van der Waals surface area contributed by atoms with Crippen molar-refractivity contribution in [3.63, 3.8) is 0 Å². The quantitative estimate of drug-likeness (QED) is 0.747. The first-order valence-electron chi connectivity index (χ1n) is 5.33. The lowest BCUT2D eigenvalue weighted by Gasteiger charge is -2.31. The summed E-state index contributed by atoms with van der Waals surface area (Å²) in [6.45, 7) is 3.08. The average molecular weight is 237 g/mol. The Morgan fingerprint density at radius 1 is 1.47 bits per heavy atom. The van der Waals surface area contributed by atoms with E-state index in [0.29, 0.717) is 6.04 Å². The summed E-state index contributed by atoms with van der Waals surface area (Å²) in [5, 5.41) is 11.8. The molecule has 0 amide bonds. The van der Waals surface area contributed by atoms with Gasteiger partial charge in [-0.3, -0.25) is 4.79 Å². The van der Waals surface area contributed by atoms with Crippen molar-refractivity contribution < 1.29 is 9.90 Å². The van der Waals surface area contributed by atoms with Crippen LogP contribution in [0.3, 0.4) is 0 Å². The van der Waals surface area contributed by atoms with Gasteiger partial charge in [-0.05, 0) is 45.9 Å². The van der Waals surface area contributed by atoms with Crippen LogP contribution < -0.4 is 5.32 Å². The molecule has 1 fully saturated rings. The van der Waals surface area contributed by atoms with Crippen molar-refractivity contribution in [2.24, 2.45) is 0 Å². The van der Waals surface area contributed by atoms with Crippen LogP contribution in [-0.2, 0) is 4.79 Å². The number of nitrogens with zero attached hydrogens (tertiary/aromatic N) is 1. The van der Waals surface area contributed by atoms with E-state index in [1.165, 1.54) is 12.8 Å². The van der Waals surface area contributed by atoms with E-state index in [2.05, 4.69) is 17.3 Å². The van der Waals surface area contributed by atoms with Crippen LogP contribution in [-0.4, -0.2) is 48.7 Å². The maximum atomic E-state index is 10.3. The molecule has 0 unspecified atom stereocenters. The topological polar surface area (TPSA) is 52.6 Å². The summed E-state index contributed by atoms with van der Waals surface area (Å²) in [6, 6.07) is 0.644. The number of halogens is 1. The molecular formula is C10H21ClN2O2. The maximum Gasteiger partial charge on any atom is 0.303 e. The number of aliphatic carboxylic acids is 1. The van der Waals surface area contributed by atoms with E-state index >= 15 is 0 Å². The molecule has 0 saturated carbocycles. The molecule has 0 aromatic heterocycles. The second-order valence-corrected chi connectivity index (χ2v) is 3.96. The fourth-order valence-electron chi connectivity index (χ4n) is 1.91. The Balaban J connectivity index is 0.00000196. The zero-order chi connectivity index (χ0) is 10.4.